The third-order valence-electron chi connectivity index (χ3n) is 2.23. The molecule has 15 heavy (non-hydrogen) atoms. The number of methoxy groups -OCH3 is 1. The summed E-state index contributed by atoms with van der Waals surface area (Å²) in [6, 6.07) is 6.98. The van der Waals surface area contributed by atoms with Gasteiger partial charge >= 0.3 is 5.63 Å². The van der Waals surface area contributed by atoms with Crippen molar-refractivity contribution in [3.8, 4) is 5.75 Å². The van der Waals surface area contributed by atoms with E-state index in [2.05, 4.69) is 0 Å². The molecule has 4 nitrogen and oxygen atoms in total. The van der Waals surface area contributed by atoms with Crippen molar-refractivity contribution in [1.82, 2.24) is 0 Å². The van der Waals surface area contributed by atoms with Crippen LogP contribution in [0.25, 0.3) is 11.0 Å². The summed E-state index contributed by atoms with van der Waals surface area (Å²) in [5.74, 6) is 0.722. The lowest BCUT2D eigenvalue weighted by molar-refractivity contribution is 0.415. The Labute approximate surface area is 86.3 Å². The van der Waals surface area contributed by atoms with Crippen LogP contribution in [-0.2, 0) is 6.54 Å². The minimum atomic E-state index is -0.379. The molecule has 2 aromatic rings. The van der Waals surface area contributed by atoms with Gasteiger partial charge in [-0.3, -0.25) is 0 Å². The Morgan fingerprint density at radius 1 is 1.40 bits per heavy atom. The highest BCUT2D eigenvalue weighted by Crippen LogP contribution is 2.19. The molecule has 1 aromatic carbocycles. The second-order valence-electron chi connectivity index (χ2n) is 3.17. The topological polar surface area (TPSA) is 65.5 Å². The highest BCUT2D eigenvalue weighted by molar-refractivity contribution is 5.78. The van der Waals surface area contributed by atoms with E-state index in [0.29, 0.717) is 11.1 Å². The summed E-state index contributed by atoms with van der Waals surface area (Å²) in [4.78, 5) is 11.3. The average Bonchev–Trinajstić information content (AvgIpc) is 2.27. The molecule has 0 fully saturated rings. The van der Waals surface area contributed by atoms with E-state index in [1.165, 1.54) is 0 Å². The fraction of sp³-hybridized carbons (Fsp3) is 0.182. The minimum Gasteiger partial charge on any atom is -0.497 e. The lowest BCUT2D eigenvalue weighted by Gasteiger charge is -2.02. The Morgan fingerprint density at radius 2 is 2.20 bits per heavy atom. The Morgan fingerprint density at radius 3 is 2.87 bits per heavy atom. The van der Waals surface area contributed by atoms with E-state index in [4.69, 9.17) is 14.9 Å². The van der Waals surface area contributed by atoms with Gasteiger partial charge in [0.15, 0.2) is 0 Å². The van der Waals surface area contributed by atoms with Crippen molar-refractivity contribution in [1.29, 1.82) is 0 Å². The fourth-order valence-corrected chi connectivity index (χ4v) is 1.41. The zero-order valence-corrected chi connectivity index (χ0v) is 8.32. The molecule has 1 heterocycles. The Bertz CT molecular complexity index is 545. The first-order valence-corrected chi connectivity index (χ1v) is 4.55. The fourth-order valence-electron chi connectivity index (χ4n) is 1.41. The number of hydrogen-bond donors (Lipinski definition) is 1. The minimum absolute atomic E-state index is 0.176. The number of ether oxygens (including phenoxy) is 1. The number of rotatable bonds is 2. The van der Waals surface area contributed by atoms with Gasteiger partial charge in [0, 0.05) is 11.9 Å². The standard InChI is InChI=1S/C11H11NO3/c1-14-9-2-3-10-7(5-9)4-8(6-12)11(13)15-10/h2-5H,6,12H2,1H3. The van der Waals surface area contributed by atoms with Gasteiger partial charge in [-0.2, -0.15) is 0 Å². The van der Waals surface area contributed by atoms with Crippen LogP contribution >= 0.6 is 0 Å². The average molecular weight is 205 g/mol. The van der Waals surface area contributed by atoms with Crippen LogP contribution in [0.3, 0.4) is 0 Å². The highest BCUT2D eigenvalue weighted by Gasteiger charge is 2.04. The molecule has 0 aliphatic rings. The summed E-state index contributed by atoms with van der Waals surface area (Å²) in [6.45, 7) is 0.176. The van der Waals surface area contributed by atoms with E-state index >= 15 is 0 Å². The summed E-state index contributed by atoms with van der Waals surface area (Å²) in [7, 11) is 1.59. The maximum Gasteiger partial charge on any atom is 0.340 e. The molecule has 4 heteroatoms. The molecule has 0 saturated heterocycles. The Balaban J connectivity index is 2.71. The lowest BCUT2D eigenvalue weighted by Crippen LogP contribution is -2.11. The van der Waals surface area contributed by atoms with Crippen molar-refractivity contribution in [3.63, 3.8) is 0 Å². The summed E-state index contributed by atoms with van der Waals surface area (Å²) >= 11 is 0. The number of hydrogen-bond acceptors (Lipinski definition) is 4. The van der Waals surface area contributed by atoms with Crippen LogP contribution in [0.1, 0.15) is 5.56 Å². The van der Waals surface area contributed by atoms with Gasteiger partial charge in [-0.15, -0.1) is 0 Å². The van der Waals surface area contributed by atoms with E-state index in [9.17, 15) is 4.79 Å². The van der Waals surface area contributed by atoms with Crippen molar-refractivity contribution in [2.45, 2.75) is 6.54 Å². The highest BCUT2D eigenvalue weighted by atomic mass is 16.5. The first-order chi connectivity index (χ1) is 7.24. The molecular formula is C11H11NO3. The maximum absolute atomic E-state index is 11.3. The quantitative estimate of drug-likeness (QED) is 0.749. The van der Waals surface area contributed by atoms with Crippen molar-refractivity contribution in [2.75, 3.05) is 7.11 Å². The van der Waals surface area contributed by atoms with E-state index < -0.39 is 0 Å². The van der Waals surface area contributed by atoms with Gasteiger partial charge < -0.3 is 14.9 Å². The first-order valence-electron chi connectivity index (χ1n) is 4.55. The molecule has 0 amide bonds. The molecule has 0 bridgehead atoms. The van der Waals surface area contributed by atoms with Crippen molar-refractivity contribution < 1.29 is 9.15 Å². The van der Waals surface area contributed by atoms with Crippen LogP contribution in [0, 0.1) is 0 Å². The molecule has 1 aromatic heterocycles. The smallest absolute Gasteiger partial charge is 0.340 e. The third kappa shape index (κ3) is 1.71. The largest absolute Gasteiger partial charge is 0.497 e. The zero-order valence-electron chi connectivity index (χ0n) is 8.32. The number of fused-ring (bicyclic) bond motifs is 1. The molecule has 2 N–H and O–H groups in total. The van der Waals surface area contributed by atoms with Crippen LogP contribution in [-0.4, -0.2) is 7.11 Å². The van der Waals surface area contributed by atoms with E-state index in [1.807, 2.05) is 0 Å². The monoisotopic (exact) mass is 205 g/mol. The molecule has 0 saturated carbocycles. The van der Waals surface area contributed by atoms with Gasteiger partial charge in [0.25, 0.3) is 0 Å². The molecule has 0 spiro atoms. The number of benzene rings is 1. The second kappa shape index (κ2) is 3.74. The van der Waals surface area contributed by atoms with Gasteiger partial charge in [0.2, 0.25) is 0 Å². The predicted octanol–water partition coefficient (Wildman–Crippen LogP) is 1.26. The van der Waals surface area contributed by atoms with E-state index in [1.54, 1.807) is 31.4 Å². The molecule has 0 unspecified atom stereocenters. The molecule has 0 aliphatic carbocycles. The summed E-state index contributed by atoms with van der Waals surface area (Å²) in [5.41, 5.74) is 6.05. The predicted molar refractivity (Wildman–Crippen MR) is 56.9 cm³/mol. The molecule has 0 atom stereocenters. The molecule has 0 aliphatic heterocycles. The normalized spacial score (nSPS) is 10.5. The van der Waals surface area contributed by atoms with Crippen molar-refractivity contribution >= 4 is 11.0 Å². The van der Waals surface area contributed by atoms with Gasteiger partial charge in [-0.05, 0) is 24.3 Å². The van der Waals surface area contributed by atoms with Gasteiger partial charge in [0.1, 0.15) is 11.3 Å². The van der Waals surface area contributed by atoms with Crippen LogP contribution in [0.2, 0.25) is 0 Å². The molecule has 0 radical (unpaired) electrons. The molecular weight excluding hydrogens is 194 g/mol. The van der Waals surface area contributed by atoms with Crippen LogP contribution in [0.4, 0.5) is 0 Å². The van der Waals surface area contributed by atoms with Gasteiger partial charge in [0.05, 0.1) is 12.7 Å². The number of nitrogens with two attached hydrogens (primary N) is 1. The van der Waals surface area contributed by atoms with Crippen LogP contribution in [0.5, 0.6) is 5.75 Å². The summed E-state index contributed by atoms with van der Waals surface area (Å²) in [6.07, 6.45) is 0. The summed E-state index contributed by atoms with van der Waals surface area (Å²) in [5, 5.41) is 0.814. The van der Waals surface area contributed by atoms with Gasteiger partial charge in [-0.25, -0.2) is 4.79 Å². The van der Waals surface area contributed by atoms with Crippen LogP contribution < -0.4 is 16.1 Å². The lowest BCUT2D eigenvalue weighted by atomic mass is 10.2. The van der Waals surface area contributed by atoms with E-state index in [-0.39, 0.29) is 12.2 Å². The maximum atomic E-state index is 11.3. The Kier molecular flexibility index (Phi) is 2.43. The zero-order chi connectivity index (χ0) is 10.8. The SMILES string of the molecule is COc1ccc2oc(=O)c(CN)cc2c1. The summed E-state index contributed by atoms with van der Waals surface area (Å²) < 4.78 is 10.2. The van der Waals surface area contributed by atoms with Gasteiger partial charge in [-0.1, -0.05) is 0 Å². The third-order valence-corrected chi connectivity index (χ3v) is 2.23. The van der Waals surface area contributed by atoms with Crippen LogP contribution in [0.15, 0.2) is 33.5 Å². The Hall–Kier alpha value is -1.81. The second-order valence-corrected chi connectivity index (χ2v) is 3.17. The van der Waals surface area contributed by atoms with Crippen molar-refractivity contribution in [3.05, 3.63) is 40.2 Å². The van der Waals surface area contributed by atoms with E-state index in [0.717, 1.165) is 11.1 Å². The van der Waals surface area contributed by atoms with Crippen molar-refractivity contribution in [2.24, 2.45) is 5.73 Å². The molecule has 78 valence electrons. The first kappa shape index (κ1) is 9.73. The molecule has 2 rings (SSSR count).